The van der Waals surface area contributed by atoms with Crippen molar-refractivity contribution < 1.29 is 19.1 Å². The van der Waals surface area contributed by atoms with E-state index in [2.05, 4.69) is 36.1 Å². The number of nitrogens with zero attached hydrogens (tertiary/aromatic N) is 5. The van der Waals surface area contributed by atoms with Gasteiger partial charge in [-0.2, -0.15) is 20.1 Å². The number of rotatable bonds is 13. The lowest BCUT2D eigenvalue weighted by atomic mass is 10.2. The summed E-state index contributed by atoms with van der Waals surface area (Å²) in [5, 5.41) is 21.4. The van der Waals surface area contributed by atoms with Gasteiger partial charge in [-0.15, -0.1) is 0 Å². The van der Waals surface area contributed by atoms with Crippen LogP contribution < -0.4 is 30.3 Å². The number of nitrogens with one attached hydrogen (secondary N) is 3. The molecule has 0 bridgehead atoms. The lowest BCUT2D eigenvalue weighted by Gasteiger charge is -2.11. The summed E-state index contributed by atoms with van der Waals surface area (Å²) in [7, 11) is 1.59. The molecule has 206 valence electrons. The molecule has 0 aliphatic carbocycles. The fourth-order valence-electron chi connectivity index (χ4n) is 3.45. The Morgan fingerprint density at radius 2 is 1.40 bits per heavy atom. The van der Waals surface area contributed by atoms with Gasteiger partial charge in [0.05, 0.1) is 31.5 Å². The first-order valence-corrected chi connectivity index (χ1v) is 12.3. The number of aromatic nitrogens is 3. The third kappa shape index (κ3) is 7.54. The summed E-state index contributed by atoms with van der Waals surface area (Å²) in [6.07, 6.45) is 1.59. The summed E-state index contributed by atoms with van der Waals surface area (Å²) in [4.78, 5) is 23.7. The van der Waals surface area contributed by atoms with Gasteiger partial charge in [0.1, 0.15) is 17.2 Å². The van der Waals surface area contributed by atoms with E-state index in [9.17, 15) is 10.1 Å². The molecule has 0 saturated heterocycles. The maximum absolute atomic E-state index is 11.0. The predicted molar refractivity (Wildman–Crippen MR) is 152 cm³/mol. The van der Waals surface area contributed by atoms with Gasteiger partial charge in [0.25, 0.3) is 5.69 Å². The monoisotopic (exact) mass is 544 g/mol. The third-order valence-corrected chi connectivity index (χ3v) is 5.28. The minimum absolute atomic E-state index is 0.0273. The normalized spacial score (nSPS) is 10.7. The van der Waals surface area contributed by atoms with Crippen LogP contribution in [0.25, 0.3) is 0 Å². The standard InChI is InChI=1S/C27H28N8O5/c1-4-39-23-13-6-18(24(16-23)40-5-2)17-28-34-27-32-25(29-19-7-11-21(12-8-19)35(36)37)31-26(33-27)30-20-9-14-22(38-3)15-10-20/h6-17H,4-5H2,1-3H3,(H3,29,30,31,32,33,34)/b28-17-. The lowest BCUT2D eigenvalue weighted by molar-refractivity contribution is -0.384. The number of non-ortho nitro benzene ring substituents is 1. The Morgan fingerprint density at radius 3 is 1.98 bits per heavy atom. The topological polar surface area (TPSA) is 158 Å². The van der Waals surface area contributed by atoms with Gasteiger partial charge >= 0.3 is 0 Å². The van der Waals surface area contributed by atoms with E-state index in [1.54, 1.807) is 43.7 Å². The largest absolute Gasteiger partial charge is 0.497 e. The van der Waals surface area contributed by atoms with Crippen LogP contribution in [0.15, 0.2) is 71.8 Å². The van der Waals surface area contributed by atoms with E-state index >= 15 is 0 Å². The molecule has 3 aromatic carbocycles. The summed E-state index contributed by atoms with van der Waals surface area (Å²) >= 11 is 0. The number of hydrogen-bond donors (Lipinski definition) is 3. The van der Waals surface area contributed by atoms with E-state index in [4.69, 9.17) is 14.2 Å². The zero-order valence-electron chi connectivity index (χ0n) is 22.1. The van der Waals surface area contributed by atoms with Crippen LogP contribution in [0, 0.1) is 10.1 Å². The average molecular weight is 545 g/mol. The fraction of sp³-hybridized carbons (Fsp3) is 0.185. The maximum atomic E-state index is 11.0. The zero-order valence-corrected chi connectivity index (χ0v) is 22.1. The Hall–Kier alpha value is -5.46. The first-order valence-electron chi connectivity index (χ1n) is 12.3. The lowest BCUT2D eigenvalue weighted by Crippen LogP contribution is -2.07. The second-order valence-electron chi connectivity index (χ2n) is 8.02. The Balaban J connectivity index is 1.58. The molecule has 40 heavy (non-hydrogen) atoms. The van der Waals surface area contributed by atoms with Crippen LogP contribution in [0.5, 0.6) is 17.2 Å². The molecule has 0 fully saturated rings. The van der Waals surface area contributed by atoms with Crippen molar-refractivity contribution >= 4 is 41.1 Å². The SMILES string of the molecule is CCOc1ccc(/C=N\Nc2nc(Nc3ccc(OC)cc3)nc(Nc3ccc([N+](=O)[O-])cc3)n2)c(OCC)c1. The molecule has 0 atom stereocenters. The Morgan fingerprint density at radius 1 is 0.825 bits per heavy atom. The molecule has 4 rings (SSSR count). The van der Waals surface area contributed by atoms with Crippen molar-refractivity contribution in [2.45, 2.75) is 13.8 Å². The highest BCUT2D eigenvalue weighted by atomic mass is 16.6. The van der Waals surface area contributed by atoms with E-state index in [0.717, 1.165) is 11.3 Å². The van der Waals surface area contributed by atoms with Gasteiger partial charge in [0.15, 0.2) is 0 Å². The highest BCUT2D eigenvalue weighted by molar-refractivity contribution is 5.84. The van der Waals surface area contributed by atoms with Crippen molar-refractivity contribution in [1.29, 1.82) is 0 Å². The van der Waals surface area contributed by atoms with Crippen LogP contribution in [-0.2, 0) is 0 Å². The van der Waals surface area contributed by atoms with E-state index < -0.39 is 4.92 Å². The van der Waals surface area contributed by atoms with Crippen molar-refractivity contribution in [3.8, 4) is 17.2 Å². The van der Waals surface area contributed by atoms with Gasteiger partial charge in [0, 0.05) is 35.1 Å². The molecule has 1 aromatic heterocycles. The van der Waals surface area contributed by atoms with Gasteiger partial charge < -0.3 is 24.8 Å². The Bertz CT molecular complexity index is 1460. The quantitative estimate of drug-likeness (QED) is 0.111. The number of hydrazone groups is 1. The molecule has 0 saturated carbocycles. The molecular weight excluding hydrogens is 516 g/mol. The van der Waals surface area contributed by atoms with Gasteiger partial charge in [-0.05, 0) is 62.4 Å². The van der Waals surface area contributed by atoms with Crippen LogP contribution in [0.1, 0.15) is 19.4 Å². The molecule has 0 amide bonds. The third-order valence-electron chi connectivity index (χ3n) is 5.28. The molecule has 13 nitrogen and oxygen atoms in total. The van der Waals surface area contributed by atoms with E-state index in [1.807, 2.05) is 38.1 Å². The minimum Gasteiger partial charge on any atom is -0.497 e. The maximum Gasteiger partial charge on any atom is 0.269 e. The van der Waals surface area contributed by atoms with Crippen molar-refractivity contribution in [2.75, 3.05) is 36.4 Å². The van der Waals surface area contributed by atoms with Crippen LogP contribution in [0.4, 0.5) is 34.9 Å². The van der Waals surface area contributed by atoms with Crippen LogP contribution in [0.2, 0.25) is 0 Å². The van der Waals surface area contributed by atoms with E-state index in [-0.39, 0.29) is 23.5 Å². The van der Waals surface area contributed by atoms with Crippen molar-refractivity contribution in [3.63, 3.8) is 0 Å². The molecule has 0 radical (unpaired) electrons. The van der Waals surface area contributed by atoms with E-state index in [1.165, 1.54) is 12.1 Å². The number of nitro groups is 1. The van der Waals surface area contributed by atoms with E-state index in [0.29, 0.717) is 36.1 Å². The highest BCUT2D eigenvalue weighted by Gasteiger charge is 2.10. The van der Waals surface area contributed by atoms with Crippen molar-refractivity contribution in [2.24, 2.45) is 5.10 Å². The van der Waals surface area contributed by atoms with Crippen LogP contribution in [-0.4, -0.2) is 46.4 Å². The van der Waals surface area contributed by atoms with Crippen molar-refractivity contribution in [1.82, 2.24) is 15.0 Å². The molecule has 3 N–H and O–H groups in total. The summed E-state index contributed by atoms with van der Waals surface area (Å²) in [6.45, 7) is 4.84. The number of methoxy groups -OCH3 is 1. The first kappa shape index (κ1) is 27.6. The average Bonchev–Trinajstić information content (AvgIpc) is 2.95. The number of benzene rings is 3. The second kappa shape index (κ2) is 13.4. The Labute approximate surface area is 230 Å². The van der Waals surface area contributed by atoms with Crippen LogP contribution in [0.3, 0.4) is 0 Å². The number of ether oxygens (including phenoxy) is 3. The molecule has 0 aliphatic heterocycles. The van der Waals surface area contributed by atoms with Gasteiger partial charge in [-0.1, -0.05) is 0 Å². The summed E-state index contributed by atoms with van der Waals surface area (Å²) < 4.78 is 16.5. The van der Waals surface area contributed by atoms with Gasteiger partial charge in [0.2, 0.25) is 17.8 Å². The number of anilines is 5. The summed E-state index contributed by atoms with van der Waals surface area (Å²) in [5.41, 5.74) is 4.80. The molecule has 0 aliphatic rings. The Kier molecular flexibility index (Phi) is 9.22. The summed E-state index contributed by atoms with van der Waals surface area (Å²) in [5.74, 6) is 2.60. The number of hydrogen-bond acceptors (Lipinski definition) is 12. The smallest absolute Gasteiger partial charge is 0.269 e. The van der Waals surface area contributed by atoms with Gasteiger partial charge in [-0.25, -0.2) is 5.43 Å². The first-order chi connectivity index (χ1) is 19.5. The number of nitro benzene ring substituents is 1. The molecule has 0 unspecified atom stereocenters. The summed E-state index contributed by atoms with van der Waals surface area (Å²) in [6, 6.07) is 18.6. The molecular formula is C27H28N8O5. The molecule has 4 aromatic rings. The highest BCUT2D eigenvalue weighted by Crippen LogP contribution is 2.25. The van der Waals surface area contributed by atoms with Gasteiger partial charge in [-0.3, -0.25) is 10.1 Å². The minimum atomic E-state index is -0.467. The molecule has 0 spiro atoms. The van der Waals surface area contributed by atoms with Crippen molar-refractivity contribution in [3.05, 3.63) is 82.4 Å². The van der Waals surface area contributed by atoms with Crippen LogP contribution >= 0.6 is 0 Å². The molecule has 13 heteroatoms. The zero-order chi connectivity index (χ0) is 28.3. The fourth-order valence-corrected chi connectivity index (χ4v) is 3.45. The predicted octanol–water partition coefficient (Wildman–Crippen LogP) is 5.52. The second-order valence-corrected chi connectivity index (χ2v) is 8.02. The molecule has 1 heterocycles.